The molecule has 2 unspecified atom stereocenters. The Morgan fingerprint density at radius 1 is 1.29 bits per heavy atom. The quantitative estimate of drug-likeness (QED) is 0.472. The summed E-state index contributed by atoms with van der Waals surface area (Å²) in [7, 11) is 0. The monoisotopic (exact) mass is 363 g/mol. The fourth-order valence-electron chi connectivity index (χ4n) is 2.57. The SMILES string of the molecule is N#Cc1cc(-n2cc(C(F)(F)F)c3c2N(F)C(F)C3O)ccc1Cl. The zero-order valence-corrected chi connectivity index (χ0v) is 12.3. The summed E-state index contributed by atoms with van der Waals surface area (Å²) in [6.45, 7) is 0. The lowest BCUT2D eigenvalue weighted by Gasteiger charge is -2.15. The molecule has 0 fully saturated rings. The molecule has 1 aromatic heterocycles. The van der Waals surface area contributed by atoms with Gasteiger partial charge in [-0.25, -0.2) is 4.39 Å². The number of aliphatic hydroxyl groups excluding tert-OH is 1. The van der Waals surface area contributed by atoms with Crippen molar-refractivity contribution in [2.24, 2.45) is 0 Å². The molecule has 0 bridgehead atoms. The normalized spacial score (nSPS) is 20.2. The molecule has 2 aromatic rings. The minimum atomic E-state index is -4.92. The van der Waals surface area contributed by atoms with Gasteiger partial charge in [0.05, 0.1) is 16.1 Å². The van der Waals surface area contributed by atoms with E-state index < -0.39 is 40.6 Å². The van der Waals surface area contributed by atoms with Crippen molar-refractivity contribution in [1.82, 2.24) is 4.57 Å². The molecule has 10 heteroatoms. The van der Waals surface area contributed by atoms with E-state index in [4.69, 9.17) is 16.9 Å². The van der Waals surface area contributed by atoms with E-state index in [0.29, 0.717) is 6.20 Å². The lowest BCUT2D eigenvalue weighted by molar-refractivity contribution is -0.139. The van der Waals surface area contributed by atoms with Gasteiger partial charge in [0.1, 0.15) is 12.2 Å². The summed E-state index contributed by atoms with van der Waals surface area (Å²) in [6, 6.07) is 5.37. The zero-order chi connectivity index (χ0) is 17.8. The minimum absolute atomic E-state index is 0.0355. The molecule has 0 spiro atoms. The Bertz CT molecular complexity index is 857. The minimum Gasteiger partial charge on any atom is -0.383 e. The molecule has 0 radical (unpaired) electrons. The first kappa shape index (κ1) is 16.5. The van der Waals surface area contributed by atoms with Crippen LogP contribution in [0.1, 0.15) is 22.8 Å². The Labute approximate surface area is 136 Å². The van der Waals surface area contributed by atoms with Crippen LogP contribution in [0.4, 0.5) is 27.9 Å². The van der Waals surface area contributed by atoms with Gasteiger partial charge in [0.15, 0.2) is 5.82 Å². The van der Waals surface area contributed by atoms with Crippen molar-refractivity contribution < 1.29 is 27.1 Å². The molecular weight excluding hydrogens is 357 g/mol. The maximum Gasteiger partial charge on any atom is 0.418 e. The summed E-state index contributed by atoms with van der Waals surface area (Å²) < 4.78 is 67.8. The molecule has 126 valence electrons. The van der Waals surface area contributed by atoms with Gasteiger partial charge in [-0.2, -0.15) is 23.6 Å². The molecule has 2 atom stereocenters. The second-order valence-electron chi connectivity index (χ2n) is 5.05. The zero-order valence-electron chi connectivity index (χ0n) is 11.5. The summed E-state index contributed by atoms with van der Waals surface area (Å²) in [5.41, 5.74) is -2.34. The maximum atomic E-state index is 14.0. The number of hydrogen-bond donors (Lipinski definition) is 1. The van der Waals surface area contributed by atoms with Gasteiger partial charge in [0, 0.05) is 17.4 Å². The fraction of sp³-hybridized carbons (Fsp3) is 0.214. The lowest BCUT2D eigenvalue weighted by Crippen LogP contribution is -2.24. The molecule has 24 heavy (non-hydrogen) atoms. The average Bonchev–Trinajstić information content (AvgIpc) is 3.01. The first-order valence-corrected chi connectivity index (χ1v) is 6.84. The first-order valence-electron chi connectivity index (χ1n) is 6.46. The lowest BCUT2D eigenvalue weighted by atomic mass is 10.1. The van der Waals surface area contributed by atoms with Crippen molar-refractivity contribution in [2.75, 3.05) is 5.12 Å². The van der Waals surface area contributed by atoms with Crippen molar-refractivity contribution >= 4 is 17.4 Å². The number of nitriles is 1. The smallest absolute Gasteiger partial charge is 0.383 e. The van der Waals surface area contributed by atoms with E-state index in [2.05, 4.69) is 0 Å². The van der Waals surface area contributed by atoms with Gasteiger partial charge in [0.25, 0.3) is 0 Å². The molecular formula is C14H7ClF5N3O. The van der Waals surface area contributed by atoms with Crippen LogP contribution in [0.25, 0.3) is 5.69 Å². The summed E-state index contributed by atoms with van der Waals surface area (Å²) >= 11 is 5.76. The molecule has 1 aromatic carbocycles. The topological polar surface area (TPSA) is 52.2 Å². The van der Waals surface area contributed by atoms with Crippen LogP contribution in [0.15, 0.2) is 24.4 Å². The van der Waals surface area contributed by atoms with Crippen molar-refractivity contribution in [1.29, 1.82) is 5.26 Å². The molecule has 0 amide bonds. The summed E-state index contributed by atoms with van der Waals surface area (Å²) in [5.74, 6) is -0.784. The van der Waals surface area contributed by atoms with Crippen LogP contribution < -0.4 is 5.12 Å². The van der Waals surface area contributed by atoms with E-state index in [0.717, 1.165) is 10.6 Å². The van der Waals surface area contributed by atoms with E-state index in [1.165, 1.54) is 12.1 Å². The third-order valence-electron chi connectivity index (χ3n) is 3.65. The molecule has 3 rings (SSSR count). The van der Waals surface area contributed by atoms with E-state index in [-0.39, 0.29) is 16.3 Å². The second-order valence-corrected chi connectivity index (χ2v) is 5.46. The van der Waals surface area contributed by atoms with Gasteiger partial charge >= 0.3 is 6.18 Å². The average molecular weight is 364 g/mol. The second kappa shape index (κ2) is 5.36. The van der Waals surface area contributed by atoms with E-state index >= 15 is 0 Å². The molecule has 0 saturated carbocycles. The van der Waals surface area contributed by atoms with Crippen LogP contribution in [0.5, 0.6) is 0 Å². The number of benzene rings is 1. The Morgan fingerprint density at radius 3 is 2.54 bits per heavy atom. The Hall–Kier alpha value is -2.31. The predicted molar refractivity (Wildman–Crippen MR) is 73.9 cm³/mol. The van der Waals surface area contributed by atoms with Crippen LogP contribution in [0.2, 0.25) is 5.02 Å². The molecule has 4 nitrogen and oxygen atoms in total. The molecule has 1 N–H and O–H groups in total. The summed E-state index contributed by atoms with van der Waals surface area (Å²) in [4.78, 5) is 0. The number of aliphatic hydroxyl groups is 1. The van der Waals surface area contributed by atoms with Crippen LogP contribution in [-0.2, 0) is 6.18 Å². The third-order valence-corrected chi connectivity index (χ3v) is 3.98. The van der Waals surface area contributed by atoms with Crippen LogP contribution in [0, 0.1) is 11.3 Å². The first-order chi connectivity index (χ1) is 11.2. The maximum absolute atomic E-state index is 14.0. The number of hydrogen-bond acceptors (Lipinski definition) is 3. The van der Waals surface area contributed by atoms with Crippen molar-refractivity contribution in [3.63, 3.8) is 0 Å². The van der Waals surface area contributed by atoms with Gasteiger partial charge in [-0.3, -0.25) is 0 Å². The van der Waals surface area contributed by atoms with Gasteiger partial charge in [0.2, 0.25) is 6.30 Å². The number of rotatable bonds is 1. The highest BCUT2D eigenvalue weighted by Crippen LogP contribution is 2.49. The molecule has 0 aliphatic carbocycles. The number of aromatic nitrogens is 1. The molecule has 1 aliphatic heterocycles. The van der Waals surface area contributed by atoms with Crippen LogP contribution in [-0.4, -0.2) is 16.0 Å². The number of halogens is 6. The van der Waals surface area contributed by atoms with Crippen molar-refractivity contribution in [3.05, 3.63) is 46.1 Å². The molecule has 1 aliphatic rings. The number of nitrogens with zero attached hydrogens (tertiary/aromatic N) is 3. The highest BCUT2D eigenvalue weighted by molar-refractivity contribution is 6.31. The van der Waals surface area contributed by atoms with E-state index in [1.807, 2.05) is 0 Å². The van der Waals surface area contributed by atoms with Crippen molar-refractivity contribution in [2.45, 2.75) is 18.6 Å². The standard InChI is InChI=1S/C14H7ClF5N3O/c15-9-2-1-7(3-6(9)4-21)22-5-8(14(17,18)19)10-11(24)12(16)23(20)13(10)22/h1-3,5,11-12,24H. The van der Waals surface area contributed by atoms with Gasteiger partial charge in [-0.1, -0.05) is 16.1 Å². The Balaban J connectivity index is 2.28. The van der Waals surface area contributed by atoms with Crippen LogP contribution in [0.3, 0.4) is 0 Å². The summed E-state index contributed by atoms with van der Waals surface area (Å²) in [6.07, 6.45) is -9.33. The highest BCUT2D eigenvalue weighted by atomic mass is 35.5. The fourth-order valence-corrected chi connectivity index (χ4v) is 2.73. The number of fused-ring (bicyclic) bond motifs is 1. The van der Waals surface area contributed by atoms with Gasteiger partial charge in [-0.15, -0.1) is 0 Å². The van der Waals surface area contributed by atoms with Gasteiger partial charge in [-0.05, 0) is 18.2 Å². The Kier molecular flexibility index (Phi) is 3.69. The number of alkyl halides is 4. The van der Waals surface area contributed by atoms with Crippen molar-refractivity contribution in [3.8, 4) is 11.8 Å². The van der Waals surface area contributed by atoms with Gasteiger partial charge < -0.3 is 9.67 Å². The largest absolute Gasteiger partial charge is 0.418 e. The highest BCUT2D eigenvalue weighted by Gasteiger charge is 2.49. The van der Waals surface area contributed by atoms with E-state index in [1.54, 1.807) is 6.07 Å². The Morgan fingerprint density at radius 2 is 1.96 bits per heavy atom. The predicted octanol–water partition coefficient (Wildman–Crippen LogP) is 4.05. The van der Waals surface area contributed by atoms with Crippen LogP contribution >= 0.6 is 11.6 Å². The molecule has 0 saturated heterocycles. The third kappa shape index (κ3) is 2.30. The number of anilines is 1. The van der Waals surface area contributed by atoms with E-state index in [9.17, 15) is 27.1 Å². The molecule has 2 heterocycles. The summed E-state index contributed by atoms with van der Waals surface area (Å²) in [5, 5.41) is 18.1.